The summed E-state index contributed by atoms with van der Waals surface area (Å²) in [6, 6.07) is 3.71. The zero-order valence-electron chi connectivity index (χ0n) is 12.3. The summed E-state index contributed by atoms with van der Waals surface area (Å²) in [5, 5.41) is 0. The summed E-state index contributed by atoms with van der Waals surface area (Å²) in [7, 11) is 1.76. The minimum Gasteiger partial charge on any atom is -0.493 e. The fourth-order valence-corrected chi connectivity index (χ4v) is 5.39. The van der Waals surface area contributed by atoms with Crippen molar-refractivity contribution >= 4 is 25.8 Å². The second-order valence-corrected chi connectivity index (χ2v) is 8.24. The third-order valence-electron chi connectivity index (χ3n) is 3.69. The predicted molar refractivity (Wildman–Crippen MR) is 84.5 cm³/mol. The molecule has 7 heteroatoms. The molecule has 1 aromatic carbocycles. The smallest absolute Gasteiger partial charge is 0.203 e. The molecular formula is C14H19BrO5S. The van der Waals surface area contributed by atoms with Crippen LogP contribution in [0.25, 0.3) is 0 Å². The van der Waals surface area contributed by atoms with Crippen molar-refractivity contribution in [1.82, 2.24) is 0 Å². The first-order valence-electron chi connectivity index (χ1n) is 6.56. The Hall–Kier alpha value is -0.950. The van der Waals surface area contributed by atoms with Gasteiger partial charge >= 0.3 is 0 Å². The molecule has 0 amide bonds. The molecule has 1 heterocycles. The van der Waals surface area contributed by atoms with Gasteiger partial charge in [-0.05, 0) is 30.0 Å². The Kier molecular flexibility index (Phi) is 5.03. The van der Waals surface area contributed by atoms with Gasteiger partial charge in [-0.3, -0.25) is 0 Å². The summed E-state index contributed by atoms with van der Waals surface area (Å²) in [6.45, 7) is 0. The van der Waals surface area contributed by atoms with E-state index in [4.69, 9.17) is 14.2 Å². The first kappa shape index (κ1) is 16.4. The van der Waals surface area contributed by atoms with Crippen LogP contribution < -0.4 is 14.2 Å². The van der Waals surface area contributed by atoms with E-state index in [0.29, 0.717) is 23.7 Å². The van der Waals surface area contributed by atoms with E-state index in [1.54, 1.807) is 21.3 Å². The van der Waals surface area contributed by atoms with Gasteiger partial charge in [-0.1, -0.05) is 15.9 Å². The third-order valence-corrected chi connectivity index (χ3v) is 6.76. The SMILES string of the molecule is COc1cc(C(Br)C2CCS(=O)(=O)C2)cc(OC)c1OC. The van der Waals surface area contributed by atoms with Crippen LogP contribution in [0.1, 0.15) is 16.8 Å². The molecule has 1 saturated heterocycles. The Bertz CT molecular complexity index is 589. The van der Waals surface area contributed by atoms with E-state index in [1.807, 2.05) is 12.1 Å². The highest BCUT2D eigenvalue weighted by molar-refractivity contribution is 9.09. The van der Waals surface area contributed by atoms with E-state index in [-0.39, 0.29) is 22.3 Å². The number of sulfone groups is 1. The monoisotopic (exact) mass is 378 g/mol. The van der Waals surface area contributed by atoms with Gasteiger partial charge in [0.05, 0.1) is 32.8 Å². The lowest BCUT2D eigenvalue weighted by molar-refractivity contribution is 0.323. The molecule has 0 aliphatic carbocycles. The molecule has 21 heavy (non-hydrogen) atoms. The van der Waals surface area contributed by atoms with Crippen LogP contribution in [0.2, 0.25) is 0 Å². The summed E-state index contributed by atoms with van der Waals surface area (Å²) in [5.74, 6) is 2.18. The number of methoxy groups -OCH3 is 3. The molecule has 5 nitrogen and oxygen atoms in total. The van der Waals surface area contributed by atoms with Gasteiger partial charge in [0.2, 0.25) is 5.75 Å². The molecule has 2 rings (SSSR count). The number of benzene rings is 1. The van der Waals surface area contributed by atoms with E-state index in [1.165, 1.54) is 0 Å². The fraction of sp³-hybridized carbons (Fsp3) is 0.571. The molecule has 1 aliphatic heterocycles. The van der Waals surface area contributed by atoms with Crippen molar-refractivity contribution in [2.75, 3.05) is 32.8 Å². The number of ether oxygens (including phenoxy) is 3. The number of rotatable bonds is 5. The van der Waals surface area contributed by atoms with Gasteiger partial charge in [0.25, 0.3) is 0 Å². The lowest BCUT2D eigenvalue weighted by Crippen LogP contribution is -2.10. The average Bonchev–Trinajstić information content (AvgIpc) is 2.84. The highest BCUT2D eigenvalue weighted by Crippen LogP contribution is 2.44. The molecule has 0 bridgehead atoms. The highest BCUT2D eigenvalue weighted by atomic mass is 79.9. The van der Waals surface area contributed by atoms with Crippen molar-refractivity contribution in [2.24, 2.45) is 5.92 Å². The van der Waals surface area contributed by atoms with Gasteiger partial charge in [-0.25, -0.2) is 8.42 Å². The van der Waals surface area contributed by atoms with Gasteiger partial charge in [0.1, 0.15) is 0 Å². The van der Waals surface area contributed by atoms with E-state index in [2.05, 4.69) is 15.9 Å². The molecule has 118 valence electrons. The minimum atomic E-state index is -2.91. The first-order valence-corrected chi connectivity index (χ1v) is 9.30. The maximum absolute atomic E-state index is 11.6. The maximum Gasteiger partial charge on any atom is 0.203 e. The Morgan fingerprint density at radius 3 is 2.10 bits per heavy atom. The molecule has 1 fully saturated rings. The molecule has 1 aliphatic rings. The molecule has 2 unspecified atom stereocenters. The van der Waals surface area contributed by atoms with Gasteiger partial charge in [0, 0.05) is 4.83 Å². The van der Waals surface area contributed by atoms with Crippen LogP contribution in [0.3, 0.4) is 0 Å². The molecule has 0 N–H and O–H groups in total. The van der Waals surface area contributed by atoms with Crippen molar-refractivity contribution < 1.29 is 22.6 Å². The maximum atomic E-state index is 11.6. The largest absolute Gasteiger partial charge is 0.493 e. The topological polar surface area (TPSA) is 61.8 Å². The molecule has 0 radical (unpaired) electrons. The van der Waals surface area contributed by atoms with Crippen molar-refractivity contribution in [3.8, 4) is 17.2 Å². The quantitative estimate of drug-likeness (QED) is 0.736. The molecule has 2 atom stereocenters. The molecular weight excluding hydrogens is 360 g/mol. The summed E-state index contributed by atoms with van der Waals surface area (Å²) in [4.78, 5) is -0.0662. The first-order chi connectivity index (χ1) is 9.91. The van der Waals surface area contributed by atoms with Crippen LogP contribution in [0.15, 0.2) is 12.1 Å². The van der Waals surface area contributed by atoms with Gasteiger partial charge in [-0.2, -0.15) is 0 Å². The third kappa shape index (κ3) is 3.45. The van der Waals surface area contributed by atoms with Crippen molar-refractivity contribution in [1.29, 1.82) is 0 Å². The Morgan fingerprint density at radius 2 is 1.71 bits per heavy atom. The summed E-state index contributed by atoms with van der Waals surface area (Å²) < 4.78 is 39.2. The van der Waals surface area contributed by atoms with Gasteiger partial charge < -0.3 is 14.2 Å². The second-order valence-electron chi connectivity index (χ2n) is 5.02. The summed E-state index contributed by atoms with van der Waals surface area (Å²) in [5.41, 5.74) is 0.923. The average molecular weight is 379 g/mol. The number of hydrogen-bond acceptors (Lipinski definition) is 5. The van der Waals surface area contributed by atoms with Crippen molar-refractivity contribution in [2.45, 2.75) is 11.2 Å². The highest BCUT2D eigenvalue weighted by Gasteiger charge is 2.34. The lowest BCUT2D eigenvalue weighted by Gasteiger charge is -2.20. The number of halogens is 1. The summed E-state index contributed by atoms with van der Waals surface area (Å²) in [6.07, 6.45) is 0.662. The zero-order chi connectivity index (χ0) is 15.6. The standard InChI is InChI=1S/C14H19BrO5S/c1-18-11-6-10(7-12(19-2)14(11)20-3)13(15)9-4-5-21(16,17)8-9/h6-7,9,13H,4-5,8H2,1-3H3. The van der Waals surface area contributed by atoms with Crippen LogP contribution >= 0.6 is 15.9 Å². The molecule has 1 aromatic rings. The molecule has 0 saturated carbocycles. The van der Waals surface area contributed by atoms with Crippen LogP contribution in [0.5, 0.6) is 17.2 Å². The van der Waals surface area contributed by atoms with E-state index < -0.39 is 9.84 Å². The van der Waals surface area contributed by atoms with Crippen molar-refractivity contribution in [3.05, 3.63) is 17.7 Å². The number of alkyl halides is 1. The van der Waals surface area contributed by atoms with Gasteiger partial charge in [-0.15, -0.1) is 0 Å². The normalized spacial score (nSPS) is 21.8. The lowest BCUT2D eigenvalue weighted by atomic mass is 9.98. The zero-order valence-corrected chi connectivity index (χ0v) is 14.7. The number of hydrogen-bond donors (Lipinski definition) is 0. The van der Waals surface area contributed by atoms with E-state index >= 15 is 0 Å². The van der Waals surface area contributed by atoms with Crippen LogP contribution in [-0.2, 0) is 9.84 Å². The van der Waals surface area contributed by atoms with E-state index in [0.717, 1.165) is 5.56 Å². The van der Waals surface area contributed by atoms with Crippen molar-refractivity contribution in [3.63, 3.8) is 0 Å². The Labute approximate surface area is 133 Å². The fourth-order valence-electron chi connectivity index (χ4n) is 2.59. The van der Waals surface area contributed by atoms with E-state index in [9.17, 15) is 8.42 Å². The Balaban J connectivity index is 2.35. The molecule has 0 spiro atoms. The van der Waals surface area contributed by atoms with Crippen LogP contribution in [0.4, 0.5) is 0 Å². The van der Waals surface area contributed by atoms with Crippen LogP contribution in [-0.4, -0.2) is 41.3 Å². The van der Waals surface area contributed by atoms with Crippen LogP contribution in [0, 0.1) is 5.92 Å². The van der Waals surface area contributed by atoms with Gasteiger partial charge in [0.15, 0.2) is 21.3 Å². The molecule has 0 aromatic heterocycles. The summed E-state index contributed by atoms with van der Waals surface area (Å²) >= 11 is 3.62. The minimum absolute atomic E-state index is 0.0535. The predicted octanol–water partition coefficient (Wildman–Crippen LogP) is 2.58. The Morgan fingerprint density at radius 1 is 1.14 bits per heavy atom. The second kappa shape index (κ2) is 6.44.